The topological polar surface area (TPSA) is 58.8 Å². The SMILES string of the molecule is CC(C)NC(=NCCc1ccco1)NC1CCOC2(CCSCC2)C1. The standard InChI is InChI=1S/C19H31N3O2S/c1-15(2)21-18(20-9-5-17-4-3-10-23-17)22-16-6-11-24-19(14-16)7-12-25-13-8-19/h3-4,10,15-16H,5-9,11-14H2,1-2H3,(H2,20,21,22). The highest BCUT2D eigenvalue weighted by atomic mass is 32.2. The Kier molecular flexibility index (Phi) is 6.70. The summed E-state index contributed by atoms with van der Waals surface area (Å²) in [5, 5.41) is 7.12. The van der Waals surface area contributed by atoms with Gasteiger partial charge in [-0.2, -0.15) is 11.8 Å². The van der Waals surface area contributed by atoms with E-state index in [0.29, 0.717) is 12.1 Å². The summed E-state index contributed by atoms with van der Waals surface area (Å²) in [5.41, 5.74) is 0.0955. The molecule has 1 unspecified atom stereocenters. The highest BCUT2D eigenvalue weighted by molar-refractivity contribution is 7.99. The maximum atomic E-state index is 6.20. The van der Waals surface area contributed by atoms with Gasteiger partial charge in [-0.25, -0.2) is 0 Å². The molecule has 0 bridgehead atoms. The second-order valence-corrected chi connectivity index (χ2v) is 8.56. The molecule has 5 nitrogen and oxygen atoms in total. The molecule has 2 N–H and O–H groups in total. The Labute approximate surface area is 155 Å². The minimum absolute atomic E-state index is 0.0955. The molecule has 1 atom stereocenters. The van der Waals surface area contributed by atoms with Crippen LogP contribution in [-0.4, -0.2) is 48.3 Å². The van der Waals surface area contributed by atoms with Crippen molar-refractivity contribution in [2.45, 2.75) is 63.6 Å². The number of nitrogens with one attached hydrogen (secondary N) is 2. The zero-order chi connectivity index (χ0) is 17.5. The number of thioether (sulfide) groups is 1. The quantitative estimate of drug-likeness (QED) is 0.620. The first-order chi connectivity index (χ1) is 12.2. The smallest absolute Gasteiger partial charge is 0.191 e. The van der Waals surface area contributed by atoms with Crippen molar-refractivity contribution >= 4 is 17.7 Å². The Morgan fingerprint density at radius 1 is 1.40 bits per heavy atom. The number of rotatable bonds is 5. The van der Waals surface area contributed by atoms with Gasteiger partial charge in [-0.15, -0.1) is 0 Å². The molecule has 2 saturated heterocycles. The number of ether oxygens (including phenoxy) is 1. The largest absolute Gasteiger partial charge is 0.469 e. The predicted molar refractivity (Wildman–Crippen MR) is 104 cm³/mol. The van der Waals surface area contributed by atoms with Crippen molar-refractivity contribution in [1.82, 2.24) is 10.6 Å². The molecule has 2 aliphatic heterocycles. The third-order valence-electron chi connectivity index (χ3n) is 4.87. The summed E-state index contributed by atoms with van der Waals surface area (Å²) >= 11 is 2.05. The molecule has 0 radical (unpaired) electrons. The number of hydrogen-bond acceptors (Lipinski definition) is 4. The van der Waals surface area contributed by atoms with Gasteiger partial charge in [0.25, 0.3) is 0 Å². The van der Waals surface area contributed by atoms with Crippen LogP contribution in [0.4, 0.5) is 0 Å². The molecular weight excluding hydrogens is 334 g/mol. The molecule has 2 aliphatic rings. The van der Waals surface area contributed by atoms with E-state index in [9.17, 15) is 0 Å². The number of hydrogen-bond donors (Lipinski definition) is 2. The van der Waals surface area contributed by atoms with Crippen molar-refractivity contribution in [3.05, 3.63) is 24.2 Å². The fourth-order valence-electron chi connectivity index (χ4n) is 3.58. The van der Waals surface area contributed by atoms with Crippen LogP contribution in [0.1, 0.15) is 45.3 Å². The molecule has 1 aromatic rings. The minimum Gasteiger partial charge on any atom is -0.469 e. The maximum absolute atomic E-state index is 6.20. The summed E-state index contributed by atoms with van der Waals surface area (Å²) in [6.07, 6.45) is 7.04. The Balaban J connectivity index is 1.56. The summed E-state index contributed by atoms with van der Waals surface area (Å²) in [4.78, 5) is 4.76. The predicted octanol–water partition coefficient (Wildman–Crippen LogP) is 3.21. The second-order valence-electron chi connectivity index (χ2n) is 7.34. The first-order valence-corrected chi connectivity index (χ1v) is 10.6. The first-order valence-electron chi connectivity index (χ1n) is 9.47. The van der Waals surface area contributed by atoms with Crippen molar-refractivity contribution in [2.75, 3.05) is 24.7 Å². The normalized spacial score (nSPS) is 23.8. The van der Waals surface area contributed by atoms with Crippen LogP contribution in [0.2, 0.25) is 0 Å². The van der Waals surface area contributed by atoms with Gasteiger partial charge in [0, 0.05) is 31.7 Å². The molecule has 1 aromatic heterocycles. The summed E-state index contributed by atoms with van der Waals surface area (Å²) in [6, 6.07) is 4.72. The van der Waals surface area contributed by atoms with E-state index in [1.54, 1.807) is 6.26 Å². The monoisotopic (exact) mass is 365 g/mol. The molecule has 6 heteroatoms. The average molecular weight is 366 g/mol. The first kappa shape index (κ1) is 18.6. The van der Waals surface area contributed by atoms with E-state index in [1.165, 1.54) is 24.3 Å². The average Bonchev–Trinajstić information content (AvgIpc) is 3.08. The number of nitrogens with zero attached hydrogens (tertiary/aromatic N) is 1. The van der Waals surface area contributed by atoms with E-state index >= 15 is 0 Å². The van der Waals surface area contributed by atoms with Crippen LogP contribution in [0.3, 0.4) is 0 Å². The van der Waals surface area contributed by atoms with Crippen LogP contribution in [-0.2, 0) is 11.2 Å². The third-order valence-corrected chi connectivity index (χ3v) is 5.86. The Morgan fingerprint density at radius 3 is 2.96 bits per heavy atom. The van der Waals surface area contributed by atoms with Gasteiger partial charge in [0.2, 0.25) is 0 Å². The van der Waals surface area contributed by atoms with E-state index in [2.05, 4.69) is 36.2 Å². The fourth-order valence-corrected chi connectivity index (χ4v) is 4.81. The maximum Gasteiger partial charge on any atom is 0.191 e. The van der Waals surface area contributed by atoms with Crippen LogP contribution in [0.5, 0.6) is 0 Å². The Hall–Kier alpha value is -1.14. The highest BCUT2D eigenvalue weighted by Gasteiger charge is 2.38. The van der Waals surface area contributed by atoms with Crippen molar-refractivity contribution in [3.63, 3.8) is 0 Å². The van der Waals surface area contributed by atoms with Gasteiger partial charge in [0.05, 0.1) is 11.9 Å². The molecule has 1 spiro atoms. The molecule has 0 aliphatic carbocycles. The van der Waals surface area contributed by atoms with Crippen LogP contribution < -0.4 is 10.6 Å². The summed E-state index contributed by atoms with van der Waals surface area (Å²) in [5.74, 6) is 4.34. The van der Waals surface area contributed by atoms with E-state index in [-0.39, 0.29) is 5.60 Å². The molecule has 0 saturated carbocycles. The molecule has 0 amide bonds. The summed E-state index contributed by atoms with van der Waals surface area (Å²) in [6.45, 7) is 5.87. The molecule has 3 rings (SSSR count). The van der Waals surface area contributed by atoms with Gasteiger partial charge in [-0.3, -0.25) is 4.99 Å². The fraction of sp³-hybridized carbons (Fsp3) is 0.737. The molecular formula is C19H31N3O2S. The van der Waals surface area contributed by atoms with Crippen molar-refractivity contribution in [1.29, 1.82) is 0 Å². The molecule has 25 heavy (non-hydrogen) atoms. The van der Waals surface area contributed by atoms with Crippen molar-refractivity contribution < 1.29 is 9.15 Å². The van der Waals surface area contributed by atoms with Gasteiger partial charge in [-0.1, -0.05) is 0 Å². The molecule has 2 fully saturated rings. The van der Waals surface area contributed by atoms with Crippen molar-refractivity contribution in [2.24, 2.45) is 4.99 Å². The van der Waals surface area contributed by atoms with Gasteiger partial charge >= 0.3 is 0 Å². The van der Waals surface area contributed by atoms with E-state index in [4.69, 9.17) is 14.1 Å². The molecule has 3 heterocycles. The van der Waals surface area contributed by atoms with E-state index in [0.717, 1.165) is 44.1 Å². The minimum atomic E-state index is 0.0955. The van der Waals surface area contributed by atoms with Gasteiger partial charge in [0.15, 0.2) is 5.96 Å². The molecule has 140 valence electrons. The number of aliphatic imine (C=N–C) groups is 1. The van der Waals surface area contributed by atoms with Crippen LogP contribution in [0.15, 0.2) is 27.8 Å². The Bertz CT molecular complexity index is 533. The van der Waals surface area contributed by atoms with Gasteiger partial charge < -0.3 is 19.8 Å². The number of furan rings is 1. The van der Waals surface area contributed by atoms with Crippen LogP contribution in [0.25, 0.3) is 0 Å². The lowest BCUT2D eigenvalue weighted by Crippen LogP contribution is -2.53. The van der Waals surface area contributed by atoms with Gasteiger partial charge in [0.1, 0.15) is 5.76 Å². The van der Waals surface area contributed by atoms with E-state index in [1.807, 2.05) is 12.1 Å². The summed E-state index contributed by atoms with van der Waals surface area (Å²) < 4.78 is 11.6. The van der Waals surface area contributed by atoms with E-state index < -0.39 is 0 Å². The zero-order valence-corrected chi connectivity index (χ0v) is 16.2. The van der Waals surface area contributed by atoms with Crippen LogP contribution >= 0.6 is 11.8 Å². The van der Waals surface area contributed by atoms with Gasteiger partial charge in [-0.05, 0) is 63.2 Å². The highest BCUT2D eigenvalue weighted by Crippen LogP contribution is 2.37. The van der Waals surface area contributed by atoms with Crippen molar-refractivity contribution in [3.8, 4) is 0 Å². The Morgan fingerprint density at radius 2 is 2.24 bits per heavy atom. The second kappa shape index (κ2) is 8.99. The lowest BCUT2D eigenvalue weighted by Gasteiger charge is -2.43. The lowest BCUT2D eigenvalue weighted by atomic mass is 9.85. The molecule has 0 aromatic carbocycles. The third kappa shape index (κ3) is 5.68. The number of guanidine groups is 1. The van der Waals surface area contributed by atoms with Crippen LogP contribution in [0, 0.1) is 0 Å². The lowest BCUT2D eigenvalue weighted by molar-refractivity contribution is -0.0912. The zero-order valence-electron chi connectivity index (χ0n) is 15.4. The summed E-state index contributed by atoms with van der Waals surface area (Å²) in [7, 11) is 0.